The van der Waals surface area contributed by atoms with E-state index in [4.69, 9.17) is 0 Å². The van der Waals surface area contributed by atoms with Crippen molar-refractivity contribution in [2.75, 3.05) is 13.1 Å². The molecule has 1 aromatic heterocycles. The second-order valence-corrected chi connectivity index (χ2v) is 9.89. The largest absolute Gasteiger partial charge is 0.392 e. The van der Waals surface area contributed by atoms with Crippen molar-refractivity contribution < 1.29 is 14.7 Å². The van der Waals surface area contributed by atoms with Crippen LogP contribution in [-0.4, -0.2) is 52.0 Å². The van der Waals surface area contributed by atoms with Crippen LogP contribution in [0.25, 0.3) is 0 Å². The summed E-state index contributed by atoms with van der Waals surface area (Å²) in [7, 11) is 0. The summed E-state index contributed by atoms with van der Waals surface area (Å²) >= 11 is 0. The van der Waals surface area contributed by atoms with E-state index in [-0.39, 0.29) is 46.9 Å². The number of hydrogen-bond donors (Lipinski definition) is 2. The summed E-state index contributed by atoms with van der Waals surface area (Å²) in [5, 5.41) is 14.7. The number of pyridine rings is 1. The van der Waals surface area contributed by atoms with Crippen molar-refractivity contribution in [3.05, 3.63) is 30.1 Å². The van der Waals surface area contributed by atoms with Gasteiger partial charge in [-0.25, -0.2) is 0 Å². The van der Waals surface area contributed by atoms with Gasteiger partial charge in [-0.05, 0) is 74.8 Å². The van der Waals surface area contributed by atoms with Gasteiger partial charge in [-0.2, -0.15) is 0 Å². The van der Waals surface area contributed by atoms with E-state index in [0.717, 1.165) is 25.7 Å². The summed E-state index contributed by atoms with van der Waals surface area (Å²) in [5.74, 6) is 0.0212. The molecule has 0 aliphatic heterocycles. The van der Waals surface area contributed by atoms with Gasteiger partial charge in [0.15, 0.2) is 0 Å². The van der Waals surface area contributed by atoms with Crippen LogP contribution in [0, 0.1) is 29.1 Å². The van der Waals surface area contributed by atoms with Gasteiger partial charge >= 0.3 is 0 Å². The molecule has 6 nitrogen and oxygen atoms in total. The first-order chi connectivity index (χ1) is 14.7. The van der Waals surface area contributed by atoms with E-state index >= 15 is 0 Å². The highest BCUT2D eigenvalue weighted by Gasteiger charge is 2.54. The number of amides is 2. The van der Waals surface area contributed by atoms with Crippen LogP contribution in [0.3, 0.4) is 0 Å². The third-order valence-electron chi connectivity index (χ3n) is 8.25. The van der Waals surface area contributed by atoms with Gasteiger partial charge in [-0.3, -0.25) is 14.6 Å². The molecule has 2 amide bonds. The maximum absolute atomic E-state index is 13.0. The van der Waals surface area contributed by atoms with Gasteiger partial charge in [0.05, 0.1) is 6.10 Å². The van der Waals surface area contributed by atoms with E-state index in [9.17, 15) is 14.7 Å². The van der Waals surface area contributed by atoms with Gasteiger partial charge in [0, 0.05) is 43.0 Å². The lowest BCUT2D eigenvalue weighted by molar-refractivity contribution is -0.149. The molecule has 0 bridgehead atoms. The number of aliphatic hydroxyl groups is 1. The predicted molar refractivity (Wildman–Crippen MR) is 121 cm³/mol. The Morgan fingerprint density at radius 2 is 1.84 bits per heavy atom. The van der Waals surface area contributed by atoms with Crippen molar-refractivity contribution >= 4 is 11.8 Å². The minimum Gasteiger partial charge on any atom is -0.392 e. The minimum atomic E-state index is -0.538. The predicted octanol–water partition coefficient (Wildman–Crippen LogP) is 3.51. The van der Waals surface area contributed by atoms with Crippen molar-refractivity contribution in [3.8, 4) is 0 Å². The summed E-state index contributed by atoms with van der Waals surface area (Å²) in [6.07, 6.45) is 6.50. The Labute approximate surface area is 186 Å². The third-order valence-corrected chi connectivity index (χ3v) is 8.25. The molecule has 31 heavy (non-hydrogen) atoms. The fourth-order valence-electron chi connectivity index (χ4n) is 6.26. The smallest absolute Gasteiger partial charge is 0.251 e. The molecule has 2 N–H and O–H groups in total. The van der Waals surface area contributed by atoms with Crippen LogP contribution in [0.4, 0.5) is 0 Å². The number of nitrogens with one attached hydrogen (secondary N) is 1. The maximum atomic E-state index is 13.0. The average Bonchev–Trinajstić information content (AvgIpc) is 2.76. The molecule has 0 unspecified atom stereocenters. The molecule has 0 aromatic carbocycles. The highest BCUT2D eigenvalue weighted by molar-refractivity contribution is 5.94. The fourth-order valence-corrected chi connectivity index (χ4v) is 6.26. The summed E-state index contributed by atoms with van der Waals surface area (Å²) in [5.41, 5.74) is 0.654. The third kappa shape index (κ3) is 4.64. The van der Waals surface area contributed by atoms with Gasteiger partial charge in [0.25, 0.3) is 5.91 Å². The lowest BCUT2D eigenvalue weighted by Gasteiger charge is -2.56. The van der Waals surface area contributed by atoms with Gasteiger partial charge in [-0.15, -0.1) is 0 Å². The second-order valence-electron chi connectivity index (χ2n) is 9.89. The number of nitrogens with zero attached hydrogens (tertiary/aromatic N) is 2. The van der Waals surface area contributed by atoms with Crippen LogP contribution in [0.2, 0.25) is 0 Å². The molecular weight excluding hydrogens is 390 g/mol. The monoisotopic (exact) mass is 429 g/mol. The molecule has 1 heterocycles. The van der Waals surface area contributed by atoms with Crippen molar-refractivity contribution in [3.63, 3.8) is 0 Å². The molecule has 1 aromatic rings. The van der Waals surface area contributed by atoms with Crippen LogP contribution >= 0.6 is 0 Å². The molecule has 3 rings (SSSR count). The number of aliphatic hydroxyl groups excluding tert-OH is 1. The van der Waals surface area contributed by atoms with Crippen molar-refractivity contribution in [2.24, 2.45) is 29.1 Å². The molecule has 0 saturated heterocycles. The zero-order valence-corrected chi connectivity index (χ0v) is 19.7. The minimum absolute atomic E-state index is 0.0148. The Hall–Kier alpha value is -1.95. The highest BCUT2D eigenvalue weighted by Crippen LogP contribution is 2.55. The molecule has 0 spiro atoms. The van der Waals surface area contributed by atoms with E-state index in [2.05, 4.69) is 24.1 Å². The number of hydrogen-bond acceptors (Lipinski definition) is 4. The molecule has 0 radical (unpaired) electrons. The number of rotatable bonds is 6. The molecule has 2 saturated carbocycles. The highest BCUT2D eigenvalue weighted by atomic mass is 16.3. The Bertz CT molecular complexity index is 767. The second kappa shape index (κ2) is 9.68. The Morgan fingerprint density at radius 1 is 1.23 bits per heavy atom. The van der Waals surface area contributed by atoms with Gasteiger partial charge in [0.1, 0.15) is 0 Å². The molecule has 7 atom stereocenters. The van der Waals surface area contributed by atoms with Crippen molar-refractivity contribution in [1.82, 2.24) is 15.2 Å². The number of carbonyl (C=O) groups excluding carboxylic acids is 2. The standard InChI is InChI=1S/C25H39N3O3/c1-6-28(7-2)24(31)16(3)19-8-12-25(5)13-9-20(17(4)21(25)22(19)29)27-23(30)18-10-14-26-15-11-18/h10-11,14-17,19-22,29H,6-9,12-13H2,1-5H3,(H,27,30)/t16-,17+,19+,20-,21+,22-,25-/m0/s1. The van der Waals surface area contributed by atoms with E-state index in [1.54, 1.807) is 24.5 Å². The molecule has 172 valence electrons. The summed E-state index contributed by atoms with van der Waals surface area (Å²) in [6.45, 7) is 11.8. The lowest BCUT2D eigenvalue weighted by Crippen LogP contribution is -2.58. The quantitative estimate of drug-likeness (QED) is 0.725. The summed E-state index contributed by atoms with van der Waals surface area (Å²) in [6, 6.07) is 3.46. The van der Waals surface area contributed by atoms with E-state index in [0.29, 0.717) is 18.7 Å². The Morgan fingerprint density at radius 3 is 2.45 bits per heavy atom. The van der Waals surface area contributed by atoms with Crippen molar-refractivity contribution in [2.45, 2.75) is 72.4 Å². The zero-order valence-electron chi connectivity index (χ0n) is 19.7. The molecule has 2 aliphatic rings. The van der Waals surface area contributed by atoms with Gasteiger partial charge in [-0.1, -0.05) is 20.8 Å². The van der Waals surface area contributed by atoms with Crippen molar-refractivity contribution in [1.29, 1.82) is 0 Å². The molecular formula is C25H39N3O3. The van der Waals surface area contributed by atoms with E-state index in [1.165, 1.54) is 0 Å². The van der Waals surface area contributed by atoms with Gasteiger partial charge in [0.2, 0.25) is 5.91 Å². The summed E-state index contributed by atoms with van der Waals surface area (Å²) in [4.78, 5) is 31.6. The number of carbonyl (C=O) groups is 2. The first-order valence-corrected chi connectivity index (χ1v) is 11.9. The molecule has 2 fully saturated rings. The SMILES string of the molecule is CCN(CC)C(=O)[C@@H](C)[C@H]1CC[C@@]2(C)CC[C@H](NC(=O)c3ccncc3)[C@@H](C)[C@@H]2[C@H]1O. The Kier molecular flexibility index (Phi) is 7.40. The average molecular weight is 430 g/mol. The van der Waals surface area contributed by atoms with E-state index < -0.39 is 6.10 Å². The van der Waals surface area contributed by atoms with E-state index in [1.807, 2.05) is 25.7 Å². The normalized spacial score (nSPS) is 33.8. The first kappa shape index (κ1) is 23.7. The fraction of sp³-hybridized carbons (Fsp3) is 0.720. The summed E-state index contributed by atoms with van der Waals surface area (Å²) < 4.78 is 0. The topological polar surface area (TPSA) is 82.5 Å². The first-order valence-electron chi connectivity index (χ1n) is 11.9. The molecule has 2 aliphatic carbocycles. The number of aromatic nitrogens is 1. The van der Waals surface area contributed by atoms with Crippen LogP contribution < -0.4 is 5.32 Å². The van der Waals surface area contributed by atoms with Crippen LogP contribution in [0.15, 0.2) is 24.5 Å². The number of fused-ring (bicyclic) bond motifs is 1. The molecule has 6 heteroatoms. The lowest BCUT2D eigenvalue weighted by atomic mass is 9.51. The Balaban J connectivity index is 1.75. The maximum Gasteiger partial charge on any atom is 0.251 e. The zero-order chi connectivity index (χ0) is 22.8. The van der Waals surface area contributed by atoms with Gasteiger partial charge < -0.3 is 15.3 Å². The van der Waals surface area contributed by atoms with Crippen LogP contribution in [0.1, 0.15) is 70.7 Å². The van der Waals surface area contributed by atoms with Crippen LogP contribution in [0.5, 0.6) is 0 Å². The van der Waals surface area contributed by atoms with Crippen LogP contribution in [-0.2, 0) is 4.79 Å².